The molecule has 0 aliphatic carbocycles. The minimum Gasteiger partial charge on any atom is -0.472 e. The molecule has 6 nitrogen and oxygen atoms in total. The maximum Gasteiger partial charge on any atom is 0.257 e. The second-order valence-electron chi connectivity index (χ2n) is 6.21. The number of aromatic nitrogens is 3. The first kappa shape index (κ1) is 13.5. The van der Waals surface area contributed by atoms with Crippen molar-refractivity contribution >= 4 is 5.91 Å². The number of hydrogen-bond acceptors (Lipinski definition) is 4. The average Bonchev–Trinajstić information content (AvgIpc) is 3.20. The minimum atomic E-state index is 0.0806. The van der Waals surface area contributed by atoms with Crippen LogP contribution in [0.4, 0.5) is 0 Å². The Hall–Kier alpha value is -2.11. The molecule has 0 saturated carbocycles. The van der Waals surface area contributed by atoms with Crippen LogP contribution in [-0.2, 0) is 19.4 Å². The van der Waals surface area contributed by atoms with Crippen LogP contribution >= 0.6 is 0 Å². The fourth-order valence-corrected chi connectivity index (χ4v) is 3.77. The summed E-state index contributed by atoms with van der Waals surface area (Å²) in [4.78, 5) is 14.8. The van der Waals surface area contributed by atoms with Gasteiger partial charge in [-0.15, -0.1) is 10.2 Å². The quantitative estimate of drug-likeness (QED) is 0.870. The fourth-order valence-electron chi connectivity index (χ4n) is 3.77. The van der Waals surface area contributed by atoms with E-state index in [0.717, 1.165) is 50.3 Å². The van der Waals surface area contributed by atoms with E-state index in [1.807, 2.05) is 0 Å². The molecule has 1 fully saturated rings. The standard InChI is InChI=1S/C16H20N4O2/c1-2-3-14-17-18-15-8-12-4-5-13(9-19(14)15)20(12)16(21)11-6-7-22-10-11/h6-7,10,12-13H,2-5,8-9H2,1H3/t12-,13+/m0/s1. The van der Waals surface area contributed by atoms with Crippen molar-refractivity contribution in [1.29, 1.82) is 0 Å². The van der Waals surface area contributed by atoms with E-state index in [9.17, 15) is 4.79 Å². The Morgan fingerprint density at radius 2 is 2.23 bits per heavy atom. The van der Waals surface area contributed by atoms with Crippen LogP contribution in [-0.4, -0.2) is 37.7 Å². The van der Waals surface area contributed by atoms with Crippen LogP contribution in [0.3, 0.4) is 0 Å². The second-order valence-corrected chi connectivity index (χ2v) is 6.21. The first-order valence-corrected chi connectivity index (χ1v) is 8.03. The summed E-state index contributed by atoms with van der Waals surface area (Å²) in [5, 5.41) is 8.71. The summed E-state index contributed by atoms with van der Waals surface area (Å²) in [5.41, 5.74) is 0.642. The van der Waals surface area contributed by atoms with Crippen molar-refractivity contribution in [3.05, 3.63) is 35.8 Å². The number of nitrogens with zero attached hydrogens (tertiary/aromatic N) is 4. The number of aryl methyl sites for hydroxylation is 1. The van der Waals surface area contributed by atoms with Crippen LogP contribution in [0.25, 0.3) is 0 Å². The summed E-state index contributed by atoms with van der Waals surface area (Å²) >= 11 is 0. The molecule has 4 rings (SSSR count). The second kappa shape index (κ2) is 5.26. The SMILES string of the molecule is CCCc1nnc2n1C[C@H]1CC[C@@H](C2)N1C(=O)c1ccoc1. The third kappa shape index (κ3) is 2.05. The van der Waals surface area contributed by atoms with E-state index >= 15 is 0 Å². The largest absolute Gasteiger partial charge is 0.472 e. The van der Waals surface area contributed by atoms with Gasteiger partial charge in [0.05, 0.1) is 17.9 Å². The summed E-state index contributed by atoms with van der Waals surface area (Å²) < 4.78 is 7.31. The molecule has 4 heterocycles. The van der Waals surface area contributed by atoms with E-state index in [4.69, 9.17) is 4.42 Å². The van der Waals surface area contributed by atoms with Gasteiger partial charge in [0.15, 0.2) is 0 Å². The number of carbonyl (C=O) groups is 1. The van der Waals surface area contributed by atoms with E-state index in [1.165, 1.54) is 6.26 Å². The summed E-state index contributed by atoms with van der Waals surface area (Å²) in [7, 11) is 0. The van der Waals surface area contributed by atoms with Crippen molar-refractivity contribution in [2.75, 3.05) is 0 Å². The number of amides is 1. The Balaban J connectivity index is 1.65. The van der Waals surface area contributed by atoms with Crippen molar-refractivity contribution in [2.24, 2.45) is 0 Å². The third-order valence-corrected chi connectivity index (χ3v) is 4.81. The molecular weight excluding hydrogens is 280 g/mol. The maximum absolute atomic E-state index is 12.8. The van der Waals surface area contributed by atoms with E-state index in [0.29, 0.717) is 5.56 Å². The molecule has 1 saturated heterocycles. The molecule has 2 aliphatic rings. The van der Waals surface area contributed by atoms with Gasteiger partial charge in [0.2, 0.25) is 0 Å². The van der Waals surface area contributed by atoms with Crippen LogP contribution in [0.15, 0.2) is 23.0 Å². The summed E-state index contributed by atoms with van der Waals surface area (Å²) in [6.45, 7) is 2.97. The molecule has 116 valence electrons. The lowest BCUT2D eigenvalue weighted by molar-refractivity contribution is 0.0664. The summed E-state index contributed by atoms with van der Waals surface area (Å²) in [5.74, 6) is 2.17. The Bertz CT molecular complexity index is 676. The Morgan fingerprint density at radius 1 is 1.36 bits per heavy atom. The van der Waals surface area contributed by atoms with E-state index in [1.54, 1.807) is 12.3 Å². The topological polar surface area (TPSA) is 64.2 Å². The van der Waals surface area contributed by atoms with Gasteiger partial charge in [0.1, 0.15) is 17.9 Å². The van der Waals surface area contributed by atoms with Crippen molar-refractivity contribution in [3.8, 4) is 0 Å². The number of carbonyl (C=O) groups excluding carboxylic acids is 1. The number of rotatable bonds is 3. The Kier molecular flexibility index (Phi) is 3.24. The first-order chi connectivity index (χ1) is 10.8. The van der Waals surface area contributed by atoms with Gasteiger partial charge in [0, 0.05) is 25.4 Å². The molecule has 2 aromatic rings. The highest BCUT2D eigenvalue weighted by Crippen LogP contribution is 2.32. The molecule has 0 N–H and O–H groups in total. The van der Waals surface area contributed by atoms with Crippen LogP contribution < -0.4 is 0 Å². The highest BCUT2D eigenvalue weighted by molar-refractivity contribution is 5.94. The number of fused-ring (bicyclic) bond motifs is 3. The molecule has 0 unspecified atom stereocenters. The zero-order valence-electron chi connectivity index (χ0n) is 12.7. The lowest BCUT2D eigenvalue weighted by atomic mass is 10.1. The summed E-state index contributed by atoms with van der Waals surface area (Å²) in [6, 6.07) is 2.21. The van der Waals surface area contributed by atoms with E-state index in [-0.39, 0.29) is 18.0 Å². The van der Waals surface area contributed by atoms with Crippen LogP contribution in [0.1, 0.15) is 48.2 Å². The lowest BCUT2D eigenvalue weighted by Crippen LogP contribution is -2.42. The van der Waals surface area contributed by atoms with Crippen molar-refractivity contribution in [3.63, 3.8) is 0 Å². The van der Waals surface area contributed by atoms with Crippen molar-refractivity contribution in [1.82, 2.24) is 19.7 Å². The highest BCUT2D eigenvalue weighted by atomic mass is 16.3. The highest BCUT2D eigenvalue weighted by Gasteiger charge is 2.41. The zero-order valence-corrected chi connectivity index (χ0v) is 12.7. The number of hydrogen-bond donors (Lipinski definition) is 0. The van der Waals surface area contributed by atoms with Gasteiger partial charge in [-0.2, -0.15) is 0 Å². The van der Waals surface area contributed by atoms with Gasteiger partial charge in [-0.1, -0.05) is 6.92 Å². The Morgan fingerprint density at radius 3 is 3.00 bits per heavy atom. The molecule has 2 bridgehead atoms. The lowest BCUT2D eigenvalue weighted by Gasteiger charge is -2.27. The van der Waals surface area contributed by atoms with Crippen LogP contribution in [0, 0.1) is 0 Å². The molecule has 0 radical (unpaired) electrons. The van der Waals surface area contributed by atoms with Crippen molar-refractivity contribution in [2.45, 2.75) is 57.7 Å². The summed E-state index contributed by atoms with van der Waals surface area (Å²) in [6.07, 6.45) is 8.00. The molecule has 2 atom stereocenters. The third-order valence-electron chi connectivity index (χ3n) is 4.81. The fraction of sp³-hybridized carbons (Fsp3) is 0.562. The van der Waals surface area contributed by atoms with Crippen LogP contribution in [0.2, 0.25) is 0 Å². The monoisotopic (exact) mass is 300 g/mol. The Labute approximate surface area is 129 Å². The van der Waals surface area contributed by atoms with Crippen molar-refractivity contribution < 1.29 is 9.21 Å². The van der Waals surface area contributed by atoms with Crippen LogP contribution in [0.5, 0.6) is 0 Å². The molecule has 1 amide bonds. The zero-order chi connectivity index (χ0) is 15.1. The molecule has 0 aromatic carbocycles. The van der Waals surface area contributed by atoms with Gasteiger partial charge in [-0.3, -0.25) is 4.79 Å². The smallest absolute Gasteiger partial charge is 0.257 e. The predicted octanol–water partition coefficient (Wildman–Crippen LogP) is 2.05. The number of furan rings is 1. The molecule has 6 heteroatoms. The van der Waals surface area contributed by atoms with Gasteiger partial charge in [-0.25, -0.2) is 0 Å². The molecular formula is C16H20N4O2. The normalized spacial score (nSPS) is 23.4. The molecule has 2 aromatic heterocycles. The molecule has 0 spiro atoms. The predicted molar refractivity (Wildman–Crippen MR) is 79.4 cm³/mol. The first-order valence-electron chi connectivity index (χ1n) is 8.03. The minimum absolute atomic E-state index is 0.0806. The molecule has 2 aliphatic heterocycles. The van der Waals surface area contributed by atoms with Gasteiger partial charge < -0.3 is 13.9 Å². The van der Waals surface area contributed by atoms with Gasteiger partial charge in [-0.05, 0) is 25.3 Å². The van der Waals surface area contributed by atoms with Gasteiger partial charge in [0.25, 0.3) is 5.91 Å². The average molecular weight is 300 g/mol. The van der Waals surface area contributed by atoms with E-state index < -0.39 is 0 Å². The maximum atomic E-state index is 12.8. The van der Waals surface area contributed by atoms with E-state index in [2.05, 4.69) is 26.6 Å². The molecule has 22 heavy (non-hydrogen) atoms. The van der Waals surface area contributed by atoms with Gasteiger partial charge >= 0.3 is 0 Å².